The minimum absolute atomic E-state index is 0.105. The molecule has 1 aromatic carbocycles. The maximum Gasteiger partial charge on any atom is 0.181 e. The summed E-state index contributed by atoms with van der Waals surface area (Å²) in [5.74, 6) is 1.64. The van der Waals surface area contributed by atoms with E-state index in [1.807, 2.05) is 6.07 Å². The van der Waals surface area contributed by atoms with Crippen LogP contribution in [-0.4, -0.2) is 19.0 Å². The van der Waals surface area contributed by atoms with Gasteiger partial charge in [0.1, 0.15) is 0 Å². The Morgan fingerprint density at radius 1 is 1.06 bits per heavy atom. The van der Waals surface area contributed by atoms with Crippen molar-refractivity contribution < 1.29 is 8.42 Å². The quantitative estimate of drug-likeness (QED) is 0.772. The summed E-state index contributed by atoms with van der Waals surface area (Å²) in [6.07, 6.45) is 1.03. The zero-order valence-electron chi connectivity index (χ0n) is 9.16. The van der Waals surface area contributed by atoms with Crippen LogP contribution >= 0.6 is 11.6 Å². The van der Waals surface area contributed by atoms with Gasteiger partial charge in [0.25, 0.3) is 0 Å². The second-order valence-corrected chi connectivity index (χ2v) is 8.09. The van der Waals surface area contributed by atoms with Crippen LogP contribution in [0.5, 0.6) is 0 Å². The van der Waals surface area contributed by atoms with E-state index < -0.39 is 9.84 Å². The highest BCUT2D eigenvalue weighted by Gasteiger charge is 2.76. The lowest BCUT2D eigenvalue weighted by Gasteiger charge is -2.17. The minimum Gasteiger partial charge on any atom is -0.223 e. The van der Waals surface area contributed by atoms with E-state index in [1.54, 1.807) is 24.3 Å². The SMILES string of the molecule is O=S(=O)(c1ccccc1)[C@H]1[C@H]2C[C@H]3[C@@H]([C@@H]2Cl)[C@H]31. The molecule has 6 atom stereocenters. The second kappa shape index (κ2) is 3.07. The standard InChI is InChI=1S/C13H13ClO2S/c14-12-9-6-8-10(12)11(8)13(9)17(15,16)7-4-2-1-3-5-7/h1-5,8-13H,6H2/t8-,9-,10+,11-,12+,13-/m0/s1. The molecule has 2 nitrogen and oxygen atoms in total. The average molecular weight is 269 g/mol. The van der Waals surface area contributed by atoms with Crippen molar-refractivity contribution in [1.82, 2.24) is 0 Å². The Balaban J connectivity index is 1.78. The predicted molar refractivity (Wildman–Crippen MR) is 65.6 cm³/mol. The molecule has 4 aliphatic rings. The summed E-state index contributed by atoms with van der Waals surface area (Å²) in [5, 5.41) is -0.101. The number of hydrogen-bond donors (Lipinski definition) is 0. The van der Waals surface area contributed by atoms with Crippen LogP contribution in [0.25, 0.3) is 0 Å². The summed E-state index contributed by atoms with van der Waals surface area (Å²) in [6.45, 7) is 0. The van der Waals surface area contributed by atoms with Crippen LogP contribution in [0.3, 0.4) is 0 Å². The van der Waals surface area contributed by atoms with Gasteiger partial charge in [-0.2, -0.15) is 0 Å². The van der Waals surface area contributed by atoms with Gasteiger partial charge in [0.15, 0.2) is 9.84 Å². The molecule has 4 saturated carbocycles. The van der Waals surface area contributed by atoms with E-state index in [4.69, 9.17) is 11.6 Å². The number of rotatable bonds is 2. The third-order valence-electron chi connectivity index (χ3n) is 4.84. The Morgan fingerprint density at radius 3 is 2.24 bits per heavy atom. The Kier molecular flexibility index (Phi) is 1.87. The summed E-state index contributed by atoms with van der Waals surface area (Å²) in [4.78, 5) is 0.465. The summed E-state index contributed by atoms with van der Waals surface area (Å²) in [7, 11) is -3.17. The van der Waals surface area contributed by atoms with Crippen LogP contribution < -0.4 is 0 Å². The maximum absolute atomic E-state index is 12.6. The fraction of sp³-hybridized carbons (Fsp3) is 0.538. The number of benzene rings is 1. The molecule has 0 radical (unpaired) electrons. The van der Waals surface area contributed by atoms with Crippen LogP contribution in [0, 0.1) is 23.7 Å². The average Bonchev–Trinajstić information content (AvgIpc) is 2.64. The molecule has 4 bridgehead atoms. The number of sulfone groups is 1. The van der Waals surface area contributed by atoms with E-state index in [0.29, 0.717) is 22.6 Å². The van der Waals surface area contributed by atoms with E-state index >= 15 is 0 Å². The second-order valence-electron chi connectivity index (χ2n) is 5.49. The van der Waals surface area contributed by atoms with E-state index in [0.717, 1.165) is 6.42 Å². The van der Waals surface area contributed by atoms with Crippen LogP contribution in [-0.2, 0) is 9.84 Å². The molecule has 90 valence electrons. The first-order chi connectivity index (χ1) is 8.12. The maximum atomic E-state index is 12.6. The van der Waals surface area contributed by atoms with Crippen molar-refractivity contribution in [3.63, 3.8) is 0 Å². The van der Waals surface area contributed by atoms with Gasteiger partial charge in [-0.1, -0.05) is 18.2 Å². The highest BCUT2D eigenvalue weighted by atomic mass is 35.5. The summed E-state index contributed by atoms with van der Waals surface area (Å²) in [6, 6.07) is 8.82. The van der Waals surface area contributed by atoms with Crippen molar-refractivity contribution >= 4 is 21.4 Å². The molecule has 0 amide bonds. The van der Waals surface area contributed by atoms with Gasteiger partial charge in [0.2, 0.25) is 0 Å². The largest absolute Gasteiger partial charge is 0.223 e. The molecule has 4 aliphatic carbocycles. The Morgan fingerprint density at radius 2 is 1.76 bits per heavy atom. The van der Waals surface area contributed by atoms with E-state index in [-0.39, 0.29) is 16.5 Å². The van der Waals surface area contributed by atoms with E-state index in [2.05, 4.69) is 0 Å². The Labute approximate surface area is 106 Å². The van der Waals surface area contributed by atoms with Gasteiger partial charge in [0, 0.05) is 5.38 Å². The molecule has 1 aromatic rings. The molecule has 0 aliphatic heterocycles. The molecular formula is C13H13ClO2S. The monoisotopic (exact) mass is 268 g/mol. The molecule has 4 heteroatoms. The van der Waals surface area contributed by atoms with E-state index in [9.17, 15) is 8.42 Å². The van der Waals surface area contributed by atoms with Crippen molar-refractivity contribution in [2.24, 2.45) is 23.7 Å². The van der Waals surface area contributed by atoms with Gasteiger partial charge < -0.3 is 0 Å². The van der Waals surface area contributed by atoms with Gasteiger partial charge in [-0.3, -0.25) is 0 Å². The zero-order chi connectivity index (χ0) is 11.8. The third-order valence-corrected chi connectivity index (χ3v) is 7.77. The highest BCUT2D eigenvalue weighted by molar-refractivity contribution is 7.92. The van der Waals surface area contributed by atoms with Gasteiger partial charge in [-0.05, 0) is 42.2 Å². The lowest BCUT2D eigenvalue weighted by atomic mass is 10.1. The Hall–Kier alpha value is -0.540. The van der Waals surface area contributed by atoms with Crippen LogP contribution in [0.1, 0.15) is 6.42 Å². The van der Waals surface area contributed by atoms with Crippen molar-refractivity contribution in [2.45, 2.75) is 21.9 Å². The van der Waals surface area contributed by atoms with Gasteiger partial charge in [-0.25, -0.2) is 8.42 Å². The fourth-order valence-electron chi connectivity index (χ4n) is 4.19. The normalized spacial score (nSPS) is 46.2. The molecule has 17 heavy (non-hydrogen) atoms. The predicted octanol–water partition coefficient (Wildman–Crippen LogP) is 2.33. The molecule has 0 spiro atoms. The Bertz CT molecular complexity index is 568. The smallest absolute Gasteiger partial charge is 0.181 e. The summed E-state index contributed by atoms with van der Waals surface area (Å²) < 4.78 is 25.2. The lowest BCUT2D eigenvalue weighted by Crippen LogP contribution is -2.27. The van der Waals surface area contributed by atoms with Gasteiger partial charge in [0.05, 0.1) is 10.1 Å². The first kappa shape index (κ1) is 10.4. The topological polar surface area (TPSA) is 34.1 Å². The molecule has 0 saturated heterocycles. The third kappa shape index (κ3) is 1.14. The van der Waals surface area contributed by atoms with Crippen LogP contribution in [0.2, 0.25) is 0 Å². The summed E-state index contributed by atoms with van der Waals surface area (Å²) in [5.41, 5.74) is 0. The molecule has 5 rings (SSSR count). The number of hydrogen-bond acceptors (Lipinski definition) is 2. The molecule has 4 fully saturated rings. The fourth-order valence-corrected chi connectivity index (χ4v) is 7.28. The first-order valence-electron chi connectivity index (χ1n) is 6.05. The van der Waals surface area contributed by atoms with Gasteiger partial charge in [-0.15, -0.1) is 11.6 Å². The highest BCUT2D eigenvalue weighted by Crippen LogP contribution is 2.73. The molecule has 0 unspecified atom stereocenters. The van der Waals surface area contributed by atoms with Crippen molar-refractivity contribution in [3.8, 4) is 0 Å². The molecule has 0 heterocycles. The lowest BCUT2D eigenvalue weighted by molar-refractivity contribution is 0.544. The molecular weight excluding hydrogens is 256 g/mol. The van der Waals surface area contributed by atoms with Crippen LogP contribution in [0.4, 0.5) is 0 Å². The van der Waals surface area contributed by atoms with Crippen molar-refractivity contribution in [3.05, 3.63) is 30.3 Å². The van der Waals surface area contributed by atoms with Crippen molar-refractivity contribution in [2.75, 3.05) is 0 Å². The number of halogens is 1. The number of alkyl halides is 1. The zero-order valence-corrected chi connectivity index (χ0v) is 10.7. The molecule has 0 N–H and O–H groups in total. The van der Waals surface area contributed by atoms with Crippen molar-refractivity contribution in [1.29, 1.82) is 0 Å². The summed E-state index contributed by atoms with van der Waals surface area (Å²) >= 11 is 6.32. The first-order valence-corrected chi connectivity index (χ1v) is 8.03. The molecule has 0 aromatic heterocycles. The van der Waals surface area contributed by atoms with E-state index in [1.165, 1.54) is 0 Å². The van der Waals surface area contributed by atoms with Gasteiger partial charge >= 0.3 is 0 Å². The van der Waals surface area contributed by atoms with Crippen LogP contribution in [0.15, 0.2) is 35.2 Å². The minimum atomic E-state index is -3.17.